The summed E-state index contributed by atoms with van der Waals surface area (Å²) in [6.07, 6.45) is -2.99. The molecule has 0 spiro atoms. The summed E-state index contributed by atoms with van der Waals surface area (Å²) in [5.74, 6) is -1.17. The van der Waals surface area contributed by atoms with Crippen molar-refractivity contribution < 1.29 is 23.1 Å². The number of alkyl halides is 3. The van der Waals surface area contributed by atoms with Gasteiger partial charge in [-0.3, -0.25) is 4.79 Å². The Hall–Kier alpha value is -3.09. The number of carbonyl (C=O) groups is 1. The number of pyridine rings is 1. The standard InChI is InChI=1S/C17H10F3NO3/c18-17(19,20)11-2-4-12(5-3-11)21-8-7-15(22)13-9-10(16(23)24)1-6-14(13)21/h1-9H,(H,23,24). The number of carboxylic acids is 1. The van der Waals surface area contributed by atoms with E-state index < -0.39 is 17.7 Å². The first kappa shape index (κ1) is 15.8. The van der Waals surface area contributed by atoms with Gasteiger partial charge in [0.15, 0.2) is 5.43 Å². The highest BCUT2D eigenvalue weighted by molar-refractivity contribution is 5.93. The lowest BCUT2D eigenvalue weighted by Gasteiger charge is -2.13. The lowest BCUT2D eigenvalue weighted by Crippen LogP contribution is -2.09. The van der Waals surface area contributed by atoms with Crippen molar-refractivity contribution in [3.63, 3.8) is 0 Å². The molecule has 0 radical (unpaired) electrons. The van der Waals surface area contributed by atoms with E-state index in [1.807, 2.05) is 0 Å². The molecule has 24 heavy (non-hydrogen) atoms. The quantitative estimate of drug-likeness (QED) is 0.778. The van der Waals surface area contributed by atoms with Crippen LogP contribution in [0.15, 0.2) is 59.5 Å². The molecule has 122 valence electrons. The van der Waals surface area contributed by atoms with Gasteiger partial charge in [0.1, 0.15) is 0 Å². The molecule has 0 saturated carbocycles. The molecule has 0 atom stereocenters. The smallest absolute Gasteiger partial charge is 0.416 e. The first-order valence-electron chi connectivity index (χ1n) is 6.84. The van der Waals surface area contributed by atoms with E-state index in [0.29, 0.717) is 11.2 Å². The van der Waals surface area contributed by atoms with Gasteiger partial charge in [-0.15, -0.1) is 0 Å². The Morgan fingerprint density at radius 3 is 2.25 bits per heavy atom. The molecule has 0 bridgehead atoms. The molecule has 3 rings (SSSR count). The third kappa shape index (κ3) is 2.76. The van der Waals surface area contributed by atoms with Crippen LogP contribution in [0.25, 0.3) is 16.6 Å². The van der Waals surface area contributed by atoms with Crippen molar-refractivity contribution in [3.8, 4) is 5.69 Å². The molecule has 0 aliphatic heterocycles. The van der Waals surface area contributed by atoms with E-state index in [4.69, 9.17) is 5.11 Å². The summed E-state index contributed by atoms with van der Waals surface area (Å²) in [5.41, 5.74) is -0.339. The second kappa shape index (κ2) is 5.52. The molecule has 2 aromatic carbocycles. The number of nitrogens with zero attached hydrogens (tertiary/aromatic N) is 1. The van der Waals surface area contributed by atoms with E-state index in [2.05, 4.69) is 0 Å². The molecule has 0 amide bonds. The molecule has 1 aromatic heterocycles. The zero-order valence-electron chi connectivity index (χ0n) is 12.0. The minimum Gasteiger partial charge on any atom is -0.478 e. The number of fused-ring (bicyclic) bond motifs is 1. The Bertz CT molecular complexity index is 989. The Balaban J connectivity index is 2.18. The number of hydrogen-bond donors (Lipinski definition) is 1. The molecule has 4 nitrogen and oxygen atoms in total. The summed E-state index contributed by atoms with van der Waals surface area (Å²) in [4.78, 5) is 23.0. The van der Waals surface area contributed by atoms with Crippen molar-refractivity contribution in [1.82, 2.24) is 4.57 Å². The molecule has 0 aliphatic rings. The topological polar surface area (TPSA) is 59.3 Å². The van der Waals surface area contributed by atoms with Crippen LogP contribution in [0.5, 0.6) is 0 Å². The van der Waals surface area contributed by atoms with Gasteiger partial charge in [0.25, 0.3) is 0 Å². The number of hydrogen-bond acceptors (Lipinski definition) is 2. The van der Waals surface area contributed by atoms with Crippen LogP contribution >= 0.6 is 0 Å². The van der Waals surface area contributed by atoms with E-state index in [9.17, 15) is 22.8 Å². The van der Waals surface area contributed by atoms with Gasteiger partial charge in [-0.25, -0.2) is 4.79 Å². The largest absolute Gasteiger partial charge is 0.478 e. The lowest BCUT2D eigenvalue weighted by molar-refractivity contribution is -0.137. The zero-order valence-corrected chi connectivity index (χ0v) is 12.0. The summed E-state index contributed by atoms with van der Waals surface area (Å²) in [6.45, 7) is 0. The summed E-state index contributed by atoms with van der Waals surface area (Å²) in [5, 5.41) is 9.19. The fourth-order valence-electron chi connectivity index (χ4n) is 2.42. The van der Waals surface area contributed by atoms with Gasteiger partial charge in [0.05, 0.1) is 16.6 Å². The summed E-state index contributed by atoms with van der Waals surface area (Å²) in [6, 6.07) is 9.76. The van der Waals surface area contributed by atoms with Crippen molar-refractivity contribution in [2.45, 2.75) is 6.18 Å². The van der Waals surface area contributed by atoms with E-state index in [0.717, 1.165) is 12.1 Å². The Morgan fingerprint density at radius 2 is 1.67 bits per heavy atom. The van der Waals surface area contributed by atoms with Crippen molar-refractivity contribution in [1.29, 1.82) is 0 Å². The van der Waals surface area contributed by atoms with E-state index in [1.165, 1.54) is 47.2 Å². The Kier molecular flexibility index (Phi) is 3.63. The average molecular weight is 333 g/mol. The van der Waals surface area contributed by atoms with Crippen LogP contribution in [0.3, 0.4) is 0 Å². The average Bonchev–Trinajstić information content (AvgIpc) is 2.54. The fraction of sp³-hybridized carbons (Fsp3) is 0.0588. The molecule has 7 heteroatoms. The van der Waals surface area contributed by atoms with Gasteiger partial charge in [0, 0.05) is 23.3 Å². The maximum atomic E-state index is 12.6. The number of rotatable bonds is 2. The van der Waals surface area contributed by atoms with E-state index in [1.54, 1.807) is 0 Å². The minimum absolute atomic E-state index is 0.0373. The molecule has 1 heterocycles. The second-order valence-electron chi connectivity index (χ2n) is 5.13. The van der Waals surface area contributed by atoms with Gasteiger partial charge in [-0.2, -0.15) is 13.2 Å². The van der Waals surface area contributed by atoms with Crippen LogP contribution in [-0.4, -0.2) is 15.6 Å². The molecular formula is C17H10F3NO3. The normalized spacial score (nSPS) is 11.6. The van der Waals surface area contributed by atoms with Crippen molar-refractivity contribution in [2.24, 2.45) is 0 Å². The van der Waals surface area contributed by atoms with Gasteiger partial charge >= 0.3 is 12.1 Å². The van der Waals surface area contributed by atoms with Crippen LogP contribution < -0.4 is 5.43 Å². The molecule has 0 fully saturated rings. The van der Waals surface area contributed by atoms with Gasteiger partial charge < -0.3 is 9.67 Å². The van der Waals surface area contributed by atoms with Gasteiger partial charge in [0.2, 0.25) is 0 Å². The molecule has 3 aromatic rings. The highest BCUT2D eigenvalue weighted by Gasteiger charge is 2.30. The molecule has 0 unspecified atom stereocenters. The predicted molar refractivity (Wildman–Crippen MR) is 81.5 cm³/mol. The molecular weight excluding hydrogens is 323 g/mol. The number of aromatic nitrogens is 1. The van der Waals surface area contributed by atoms with Crippen molar-refractivity contribution in [2.75, 3.05) is 0 Å². The van der Waals surface area contributed by atoms with Crippen molar-refractivity contribution in [3.05, 3.63) is 76.1 Å². The van der Waals surface area contributed by atoms with Gasteiger partial charge in [-0.05, 0) is 42.5 Å². The number of carboxylic acid groups (broad SMARTS) is 1. The zero-order chi connectivity index (χ0) is 17.5. The summed E-state index contributed by atoms with van der Waals surface area (Å²) >= 11 is 0. The van der Waals surface area contributed by atoms with Gasteiger partial charge in [-0.1, -0.05) is 0 Å². The second-order valence-corrected chi connectivity index (χ2v) is 5.13. The van der Waals surface area contributed by atoms with Crippen LogP contribution in [0.1, 0.15) is 15.9 Å². The maximum Gasteiger partial charge on any atom is 0.416 e. The van der Waals surface area contributed by atoms with E-state index >= 15 is 0 Å². The minimum atomic E-state index is -4.43. The monoisotopic (exact) mass is 333 g/mol. The van der Waals surface area contributed by atoms with Crippen LogP contribution in [0.4, 0.5) is 13.2 Å². The number of aromatic carboxylic acids is 1. The SMILES string of the molecule is O=C(O)c1ccc2c(c1)c(=O)ccn2-c1ccc(C(F)(F)F)cc1. The first-order chi connectivity index (χ1) is 11.3. The number of halogens is 3. The van der Waals surface area contributed by atoms with Crippen LogP contribution in [0, 0.1) is 0 Å². The summed E-state index contributed by atoms with van der Waals surface area (Å²) < 4.78 is 39.5. The van der Waals surface area contributed by atoms with Crippen LogP contribution in [-0.2, 0) is 6.18 Å². The highest BCUT2D eigenvalue weighted by Crippen LogP contribution is 2.30. The third-order valence-corrected chi connectivity index (χ3v) is 3.62. The Labute approximate surface area is 133 Å². The lowest BCUT2D eigenvalue weighted by atomic mass is 10.1. The predicted octanol–water partition coefficient (Wildman–Crippen LogP) is 3.71. The molecule has 1 N–H and O–H groups in total. The molecule has 0 aliphatic carbocycles. The summed E-state index contributed by atoms with van der Waals surface area (Å²) in [7, 11) is 0. The highest BCUT2D eigenvalue weighted by atomic mass is 19.4. The first-order valence-corrected chi connectivity index (χ1v) is 6.84. The maximum absolute atomic E-state index is 12.6. The number of benzene rings is 2. The Morgan fingerprint density at radius 1 is 1.00 bits per heavy atom. The van der Waals surface area contributed by atoms with Crippen LogP contribution in [0.2, 0.25) is 0 Å². The van der Waals surface area contributed by atoms with Crippen molar-refractivity contribution >= 4 is 16.9 Å². The third-order valence-electron chi connectivity index (χ3n) is 3.62. The van der Waals surface area contributed by atoms with E-state index in [-0.39, 0.29) is 16.4 Å². The fourth-order valence-corrected chi connectivity index (χ4v) is 2.42. The molecule has 0 saturated heterocycles.